The van der Waals surface area contributed by atoms with Crippen LogP contribution in [0.3, 0.4) is 0 Å². The first-order valence-corrected chi connectivity index (χ1v) is 6.77. The number of alkyl halides is 2. The number of benzene rings is 1. The Labute approximate surface area is 129 Å². The zero-order valence-corrected chi connectivity index (χ0v) is 11.8. The van der Waals surface area contributed by atoms with Gasteiger partial charge in [0.2, 0.25) is 0 Å². The summed E-state index contributed by atoms with van der Waals surface area (Å²) in [5.74, 6) is 0.304. The molecule has 0 saturated heterocycles. The molecule has 0 bridgehead atoms. The molecule has 3 rings (SSSR count). The van der Waals surface area contributed by atoms with Gasteiger partial charge in [-0.05, 0) is 36.4 Å². The van der Waals surface area contributed by atoms with Crippen LogP contribution in [0, 0.1) is 5.82 Å². The molecule has 0 amide bonds. The summed E-state index contributed by atoms with van der Waals surface area (Å²) in [6.45, 7) is -2.54. The summed E-state index contributed by atoms with van der Waals surface area (Å²) in [5.41, 5.74) is 1.32. The van der Waals surface area contributed by atoms with Crippen LogP contribution < -0.4 is 5.32 Å². The number of aromatic nitrogens is 4. The van der Waals surface area contributed by atoms with Crippen LogP contribution >= 0.6 is 0 Å². The number of imidazole rings is 1. The van der Waals surface area contributed by atoms with Crippen molar-refractivity contribution in [2.24, 2.45) is 0 Å². The fraction of sp³-hybridized carbons (Fsp3) is 0.133. The van der Waals surface area contributed by atoms with Gasteiger partial charge < -0.3 is 5.32 Å². The van der Waals surface area contributed by atoms with Crippen molar-refractivity contribution in [1.29, 1.82) is 0 Å². The summed E-state index contributed by atoms with van der Waals surface area (Å²) >= 11 is 0. The second-order valence-corrected chi connectivity index (χ2v) is 4.69. The van der Waals surface area contributed by atoms with E-state index >= 15 is 0 Å². The fourth-order valence-electron chi connectivity index (χ4n) is 2.03. The minimum absolute atomic E-state index is 0.0991. The summed E-state index contributed by atoms with van der Waals surface area (Å²) in [4.78, 5) is 3.86. The average molecular weight is 319 g/mol. The molecule has 23 heavy (non-hydrogen) atoms. The Balaban J connectivity index is 1.68. The van der Waals surface area contributed by atoms with Gasteiger partial charge in [-0.2, -0.15) is 8.78 Å². The first-order valence-electron chi connectivity index (χ1n) is 6.77. The number of nitrogens with one attached hydrogen (secondary N) is 1. The van der Waals surface area contributed by atoms with Gasteiger partial charge in [0.05, 0.1) is 12.2 Å². The maximum atomic E-state index is 12.9. The Morgan fingerprint density at radius 1 is 1.04 bits per heavy atom. The van der Waals surface area contributed by atoms with Crippen LogP contribution in [0.15, 0.2) is 48.8 Å². The van der Waals surface area contributed by atoms with Gasteiger partial charge in [0.1, 0.15) is 17.5 Å². The Morgan fingerprint density at radius 2 is 1.83 bits per heavy atom. The molecule has 0 unspecified atom stereocenters. The Morgan fingerprint density at radius 3 is 2.48 bits per heavy atom. The van der Waals surface area contributed by atoms with Crippen molar-refractivity contribution in [1.82, 2.24) is 19.7 Å². The van der Waals surface area contributed by atoms with Crippen LogP contribution in [0.4, 0.5) is 19.0 Å². The topological polar surface area (TPSA) is 55.6 Å². The van der Waals surface area contributed by atoms with E-state index in [0.29, 0.717) is 11.5 Å². The molecule has 0 spiro atoms. The van der Waals surface area contributed by atoms with E-state index in [4.69, 9.17) is 0 Å². The molecule has 0 aliphatic heterocycles. The SMILES string of the molecule is Fc1ccc(-c2ccc(NCc3nccn3C(F)F)nn2)cc1. The van der Waals surface area contributed by atoms with Crippen molar-refractivity contribution < 1.29 is 13.2 Å². The summed E-state index contributed by atoms with van der Waals surface area (Å²) in [6, 6.07) is 9.27. The lowest BCUT2D eigenvalue weighted by Gasteiger charge is -2.08. The number of hydrogen-bond donors (Lipinski definition) is 1. The monoisotopic (exact) mass is 319 g/mol. The third-order valence-electron chi connectivity index (χ3n) is 3.19. The van der Waals surface area contributed by atoms with E-state index in [2.05, 4.69) is 20.5 Å². The molecular weight excluding hydrogens is 307 g/mol. The number of anilines is 1. The van der Waals surface area contributed by atoms with Gasteiger partial charge in [-0.25, -0.2) is 9.37 Å². The molecule has 0 radical (unpaired) electrons. The quantitative estimate of drug-likeness (QED) is 0.782. The molecule has 1 aromatic carbocycles. The second-order valence-electron chi connectivity index (χ2n) is 4.69. The zero-order chi connectivity index (χ0) is 16.2. The predicted octanol–water partition coefficient (Wildman–Crippen LogP) is 3.49. The van der Waals surface area contributed by atoms with Crippen molar-refractivity contribution in [3.05, 3.63) is 60.4 Å². The van der Waals surface area contributed by atoms with Crippen molar-refractivity contribution >= 4 is 5.82 Å². The highest BCUT2D eigenvalue weighted by Gasteiger charge is 2.11. The minimum Gasteiger partial charge on any atom is -0.361 e. The van der Waals surface area contributed by atoms with Crippen LogP contribution in [0.2, 0.25) is 0 Å². The maximum absolute atomic E-state index is 12.9. The van der Waals surface area contributed by atoms with E-state index < -0.39 is 6.55 Å². The molecule has 0 saturated carbocycles. The molecule has 2 aromatic heterocycles. The highest BCUT2D eigenvalue weighted by atomic mass is 19.3. The lowest BCUT2D eigenvalue weighted by molar-refractivity contribution is 0.0673. The van der Waals surface area contributed by atoms with Gasteiger partial charge >= 0.3 is 6.55 Å². The molecule has 1 N–H and O–H groups in total. The maximum Gasteiger partial charge on any atom is 0.319 e. The van der Waals surface area contributed by atoms with Gasteiger partial charge in [-0.15, -0.1) is 10.2 Å². The van der Waals surface area contributed by atoms with Crippen LogP contribution in [-0.2, 0) is 6.54 Å². The largest absolute Gasteiger partial charge is 0.361 e. The van der Waals surface area contributed by atoms with Crippen molar-refractivity contribution in [2.75, 3.05) is 5.32 Å². The van der Waals surface area contributed by atoms with E-state index in [1.807, 2.05) is 0 Å². The minimum atomic E-state index is -2.64. The van der Waals surface area contributed by atoms with E-state index in [1.165, 1.54) is 24.5 Å². The molecular formula is C15H12F3N5. The Kier molecular flexibility index (Phi) is 4.22. The number of nitrogens with zero attached hydrogens (tertiary/aromatic N) is 4. The summed E-state index contributed by atoms with van der Waals surface area (Å²) < 4.78 is 39.0. The predicted molar refractivity (Wildman–Crippen MR) is 78.2 cm³/mol. The summed E-state index contributed by atoms with van der Waals surface area (Å²) in [6.07, 6.45) is 2.53. The summed E-state index contributed by atoms with van der Waals surface area (Å²) in [5, 5.41) is 10.9. The normalized spacial score (nSPS) is 11.0. The third kappa shape index (κ3) is 3.47. The lowest BCUT2D eigenvalue weighted by Crippen LogP contribution is -2.10. The van der Waals surface area contributed by atoms with Crippen LogP contribution in [-0.4, -0.2) is 19.7 Å². The van der Waals surface area contributed by atoms with Gasteiger partial charge in [-0.1, -0.05) is 0 Å². The lowest BCUT2D eigenvalue weighted by atomic mass is 10.1. The molecule has 0 aliphatic carbocycles. The number of rotatable bonds is 5. The molecule has 0 aliphatic rings. The highest BCUT2D eigenvalue weighted by Crippen LogP contribution is 2.18. The standard InChI is InChI=1S/C15H12F3N5/c16-11-3-1-10(2-4-11)12-5-6-13(22-21-12)20-9-14-19-7-8-23(14)15(17)18/h1-8,15H,9H2,(H,20,22). The van der Waals surface area contributed by atoms with Crippen LogP contribution in [0.5, 0.6) is 0 Å². The highest BCUT2D eigenvalue weighted by molar-refractivity contribution is 5.59. The third-order valence-corrected chi connectivity index (χ3v) is 3.19. The van der Waals surface area contributed by atoms with E-state index in [1.54, 1.807) is 24.3 Å². The Hall–Kier alpha value is -2.90. The second kappa shape index (κ2) is 6.47. The van der Waals surface area contributed by atoms with Gasteiger partial charge in [0, 0.05) is 18.0 Å². The number of hydrogen-bond acceptors (Lipinski definition) is 4. The molecule has 2 heterocycles. The van der Waals surface area contributed by atoms with Crippen LogP contribution in [0.25, 0.3) is 11.3 Å². The van der Waals surface area contributed by atoms with E-state index in [-0.39, 0.29) is 18.2 Å². The van der Waals surface area contributed by atoms with Crippen molar-refractivity contribution in [3.8, 4) is 11.3 Å². The van der Waals surface area contributed by atoms with Gasteiger partial charge in [0.15, 0.2) is 0 Å². The van der Waals surface area contributed by atoms with E-state index in [9.17, 15) is 13.2 Å². The van der Waals surface area contributed by atoms with E-state index in [0.717, 1.165) is 10.1 Å². The molecule has 0 fully saturated rings. The first-order chi connectivity index (χ1) is 11.1. The molecule has 3 aromatic rings. The fourth-order valence-corrected chi connectivity index (χ4v) is 2.03. The molecule has 5 nitrogen and oxygen atoms in total. The molecule has 8 heteroatoms. The van der Waals surface area contributed by atoms with Crippen molar-refractivity contribution in [2.45, 2.75) is 13.1 Å². The number of halogens is 3. The van der Waals surface area contributed by atoms with Gasteiger partial charge in [0.25, 0.3) is 0 Å². The van der Waals surface area contributed by atoms with Crippen LogP contribution in [0.1, 0.15) is 12.4 Å². The molecule has 0 atom stereocenters. The van der Waals surface area contributed by atoms with Gasteiger partial charge in [-0.3, -0.25) is 4.57 Å². The summed E-state index contributed by atoms with van der Waals surface area (Å²) in [7, 11) is 0. The Bertz CT molecular complexity index is 769. The zero-order valence-electron chi connectivity index (χ0n) is 11.8. The average Bonchev–Trinajstić information content (AvgIpc) is 3.03. The first kappa shape index (κ1) is 15.0. The smallest absolute Gasteiger partial charge is 0.319 e. The molecule has 118 valence electrons. The van der Waals surface area contributed by atoms with Crippen molar-refractivity contribution in [3.63, 3.8) is 0 Å².